The molecule has 3 atom stereocenters. The number of hydrogen-bond donors (Lipinski definition) is 0. The van der Waals surface area contributed by atoms with E-state index in [1.807, 2.05) is 11.0 Å². The van der Waals surface area contributed by atoms with E-state index in [0.29, 0.717) is 36.4 Å². The van der Waals surface area contributed by atoms with Crippen molar-refractivity contribution in [1.29, 1.82) is 5.26 Å². The molecular formula is C20H26N4O3. The first-order valence-electron chi connectivity index (χ1n) is 9.83. The van der Waals surface area contributed by atoms with Gasteiger partial charge in [-0.15, -0.1) is 0 Å². The van der Waals surface area contributed by atoms with Crippen molar-refractivity contribution >= 4 is 5.91 Å². The fraction of sp³-hybridized carbons (Fsp3) is 0.650. The standard InChI is InChI=1S/C20H26N4O3/c21-9-15-3-4-19(22-10-15)26-8-5-16-14-27-18-12-23(11-17(16)18)13-20(25)24-6-1-2-7-24/h3-4,10,16-18H,1-2,5-8,11-14H2/t16-,17-,18-/m0/s1. The van der Waals surface area contributed by atoms with Crippen molar-refractivity contribution in [3.05, 3.63) is 23.9 Å². The van der Waals surface area contributed by atoms with Crippen LogP contribution >= 0.6 is 0 Å². The van der Waals surface area contributed by atoms with Crippen LogP contribution in [0.25, 0.3) is 0 Å². The minimum absolute atomic E-state index is 0.245. The maximum Gasteiger partial charge on any atom is 0.236 e. The Morgan fingerprint density at radius 1 is 1.33 bits per heavy atom. The molecule has 0 saturated carbocycles. The number of carbonyl (C=O) groups excluding carboxylic acids is 1. The Morgan fingerprint density at radius 3 is 2.93 bits per heavy atom. The molecule has 3 saturated heterocycles. The molecule has 3 aliphatic heterocycles. The molecule has 0 N–H and O–H groups in total. The quantitative estimate of drug-likeness (QED) is 0.751. The van der Waals surface area contributed by atoms with Crippen molar-refractivity contribution in [1.82, 2.24) is 14.8 Å². The van der Waals surface area contributed by atoms with Crippen LogP contribution in [0.2, 0.25) is 0 Å². The fourth-order valence-electron chi connectivity index (χ4n) is 4.41. The Morgan fingerprint density at radius 2 is 2.19 bits per heavy atom. The molecule has 0 spiro atoms. The lowest BCUT2D eigenvalue weighted by atomic mass is 9.91. The first-order valence-corrected chi connectivity index (χ1v) is 9.83. The lowest BCUT2D eigenvalue weighted by Crippen LogP contribution is -2.38. The highest BCUT2D eigenvalue weighted by atomic mass is 16.5. The number of likely N-dealkylation sites (tertiary alicyclic amines) is 2. The molecule has 27 heavy (non-hydrogen) atoms. The van der Waals surface area contributed by atoms with E-state index < -0.39 is 0 Å². The van der Waals surface area contributed by atoms with Crippen molar-refractivity contribution < 1.29 is 14.3 Å². The van der Waals surface area contributed by atoms with Crippen LogP contribution in [0.1, 0.15) is 24.8 Å². The monoisotopic (exact) mass is 370 g/mol. The summed E-state index contributed by atoms with van der Waals surface area (Å²) in [4.78, 5) is 20.8. The lowest BCUT2D eigenvalue weighted by Gasteiger charge is -2.22. The summed E-state index contributed by atoms with van der Waals surface area (Å²) in [5, 5.41) is 8.80. The van der Waals surface area contributed by atoms with Crippen molar-refractivity contribution in [3.8, 4) is 11.9 Å². The first kappa shape index (κ1) is 18.2. The zero-order valence-electron chi connectivity index (χ0n) is 15.5. The predicted octanol–water partition coefficient (Wildman–Crippen LogP) is 1.29. The Kier molecular flexibility index (Phi) is 5.55. The number of nitriles is 1. The Balaban J connectivity index is 1.22. The van der Waals surface area contributed by atoms with Gasteiger partial charge in [-0.05, 0) is 31.2 Å². The minimum atomic E-state index is 0.245. The molecule has 3 aliphatic rings. The number of rotatable bonds is 6. The summed E-state index contributed by atoms with van der Waals surface area (Å²) in [6, 6.07) is 5.49. The second-order valence-corrected chi connectivity index (χ2v) is 7.71. The van der Waals surface area contributed by atoms with Crippen LogP contribution in [0, 0.1) is 23.2 Å². The molecule has 4 rings (SSSR count). The number of ether oxygens (including phenoxy) is 2. The van der Waals surface area contributed by atoms with Crippen LogP contribution in [-0.2, 0) is 9.53 Å². The largest absolute Gasteiger partial charge is 0.478 e. The van der Waals surface area contributed by atoms with Gasteiger partial charge in [0.2, 0.25) is 11.8 Å². The molecule has 7 nitrogen and oxygen atoms in total. The van der Waals surface area contributed by atoms with Gasteiger partial charge in [-0.1, -0.05) is 0 Å². The van der Waals surface area contributed by atoms with Gasteiger partial charge in [0, 0.05) is 44.4 Å². The van der Waals surface area contributed by atoms with E-state index in [-0.39, 0.29) is 12.0 Å². The molecule has 0 aliphatic carbocycles. The molecule has 0 unspecified atom stereocenters. The third kappa shape index (κ3) is 4.23. The average molecular weight is 370 g/mol. The second kappa shape index (κ2) is 8.24. The third-order valence-electron chi connectivity index (χ3n) is 5.94. The molecule has 4 heterocycles. The van der Waals surface area contributed by atoms with E-state index in [9.17, 15) is 4.79 Å². The third-order valence-corrected chi connectivity index (χ3v) is 5.94. The van der Waals surface area contributed by atoms with Crippen LogP contribution in [0.15, 0.2) is 18.3 Å². The predicted molar refractivity (Wildman–Crippen MR) is 98.0 cm³/mol. The summed E-state index contributed by atoms with van der Waals surface area (Å²) < 4.78 is 11.7. The molecule has 1 amide bonds. The van der Waals surface area contributed by atoms with Crippen LogP contribution < -0.4 is 4.74 Å². The lowest BCUT2D eigenvalue weighted by molar-refractivity contribution is -0.131. The normalized spacial score (nSPS) is 27.5. The maximum absolute atomic E-state index is 12.4. The van der Waals surface area contributed by atoms with E-state index in [1.54, 1.807) is 12.1 Å². The molecular weight excluding hydrogens is 344 g/mol. The van der Waals surface area contributed by atoms with E-state index in [0.717, 1.165) is 52.0 Å². The smallest absolute Gasteiger partial charge is 0.236 e. The number of amides is 1. The summed E-state index contributed by atoms with van der Waals surface area (Å²) in [5.41, 5.74) is 0.531. The van der Waals surface area contributed by atoms with Crippen LogP contribution in [-0.4, -0.2) is 72.7 Å². The summed E-state index contributed by atoms with van der Waals surface area (Å²) in [6.07, 6.45) is 4.95. The summed E-state index contributed by atoms with van der Waals surface area (Å²) in [7, 11) is 0. The number of nitrogens with zero attached hydrogens (tertiary/aromatic N) is 4. The topological polar surface area (TPSA) is 78.7 Å². The zero-order valence-corrected chi connectivity index (χ0v) is 15.5. The highest BCUT2D eigenvalue weighted by molar-refractivity contribution is 5.78. The Hall–Kier alpha value is -2.17. The highest BCUT2D eigenvalue weighted by Crippen LogP contribution is 2.35. The molecule has 0 aromatic carbocycles. The molecule has 144 valence electrons. The van der Waals surface area contributed by atoms with E-state index in [1.165, 1.54) is 6.20 Å². The molecule has 3 fully saturated rings. The number of pyridine rings is 1. The SMILES string of the molecule is N#Cc1ccc(OCC[C@H]2CO[C@H]3CN(CC(=O)N4CCCC4)C[C@@H]23)nc1. The van der Waals surface area contributed by atoms with Gasteiger partial charge >= 0.3 is 0 Å². The van der Waals surface area contributed by atoms with Gasteiger partial charge in [0.25, 0.3) is 0 Å². The maximum atomic E-state index is 12.4. The molecule has 0 bridgehead atoms. The van der Waals surface area contributed by atoms with E-state index in [4.69, 9.17) is 14.7 Å². The molecule has 1 aromatic heterocycles. The Bertz CT molecular complexity index is 696. The van der Waals surface area contributed by atoms with E-state index >= 15 is 0 Å². The number of aromatic nitrogens is 1. The van der Waals surface area contributed by atoms with Gasteiger partial charge < -0.3 is 14.4 Å². The Labute approximate surface area is 159 Å². The van der Waals surface area contributed by atoms with Gasteiger partial charge in [0.1, 0.15) is 6.07 Å². The van der Waals surface area contributed by atoms with Crippen molar-refractivity contribution in [3.63, 3.8) is 0 Å². The summed E-state index contributed by atoms with van der Waals surface area (Å²) in [6.45, 7) is 5.51. The number of fused-ring (bicyclic) bond motifs is 1. The van der Waals surface area contributed by atoms with Gasteiger partial charge in [0.15, 0.2) is 0 Å². The zero-order chi connectivity index (χ0) is 18.6. The molecule has 1 aromatic rings. The molecule has 0 radical (unpaired) electrons. The van der Waals surface area contributed by atoms with Gasteiger partial charge in [-0.3, -0.25) is 9.69 Å². The highest BCUT2D eigenvalue weighted by Gasteiger charge is 2.44. The van der Waals surface area contributed by atoms with Gasteiger partial charge in [0.05, 0.1) is 31.4 Å². The van der Waals surface area contributed by atoms with Gasteiger partial charge in [-0.25, -0.2) is 4.98 Å². The van der Waals surface area contributed by atoms with E-state index in [2.05, 4.69) is 9.88 Å². The summed E-state index contributed by atoms with van der Waals surface area (Å²) in [5.74, 6) is 1.75. The summed E-state index contributed by atoms with van der Waals surface area (Å²) >= 11 is 0. The first-order chi connectivity index (χ1) is 13.2. The van der Waals surface area contributed by atoms with Crippen LogP contribution in [0.5, 0.6) is 5.88 Å². The average Bonchev–Trinajstić information content (AvgIpc) is 3.41. The fourth-order valence-corrected chi connectivity index (χ4v) is 4.41. The molecule has 7 heteroatoms. The van der Waals surface area contributed by atoms with Crippen LogP contribution in [0.3, 0.4) is 0 Å². The van der Waals surface area contributed by atoms with Crippen molar-refractivity contribution in [2.45, 2.75) is 25.4 Å². The minimum Gasteiger partial charge on any atom is -0.478 e. The van der Waals surface area contributed by atoms with Crippen molar-refractivity contribution in [2.24, 2.45) is 11.8 Å². The van der Waals surface area contributed by atoms with Crippen molar-refractivity contribution in [2.75, 3.05) is 45.9 Å². The van der Waals surface area contributed by atoms with Gasteiger partial charge in [-0.2, -0.15) is 5.26 Å². The van der Waals surface area contributed by atoms with Crippen LogP contribution in [0.4, 0.5) is 0 Å². The number of hydrogen-bond acceptors (Lipinski definition) is 6. The second-order valence-electron chi connectivity index (χ2n) is 7.71. The number of carbonyl (C=O) groups is 1.